The molecule has 1 saturated heterocycles. The third-order valence-electron chi connectivity index (χ3n) is 6.68. The largest absolute Gasteiger partial charge is 0.489 e. The van der Waals surface area contributed by atoms with Crippen LogP contribution in [0.3, 0.4) is 0 Å². The predicted molar refractivity (Wildman–Crippen MR) is 155 cm³/mol. The molecule has 1 heterocycles. The summed E-state index contributed by atoms with van der Waals surface area (Å²) in [6.07, 6.45) is 0.0200. The Kier molecular flexibility index (Phi) is 8.48. The Bertz CT molecular complexity index is 1520. The third-order valence-corrected chi connectivity index (χ3v) is 7.26. The van der Waals surface area contributed by atoms with Gasteiger partial charge in [-0.2, -0.15) is 0 Å². The van der Waals surface area contributed by atoms with E-state index in [2.05, 4.69) is 0 Å². The number of benzene rings is 4. The summed E-state index contributed by atoms with van der Waals surface area (Å²) in [7, 11) is 0. The van der Waals surface area contributed by atoms with Crippen molar-refractivity contribution in [3.05, 3.63) is 118 Å². The summed E-state index contributed by atoms with van der Waals surface area (Å²) in [5.74, 6) is -1.10. The van der Waals surface area contributed by atoms with E-state index in [-0.39, 0.29) is 37.9 Å². The Morgan fingerprint density at radius 1 is 0.850 bits per heavy atom. The van der Waals surface area contributed by atoms with Gasteiger partial charge in [-0.15, -0.1) is 0 Å². The Labute approximate surface area is 242 Å². The number of amides is 1. The van der Waals surface area contributed by atoms with Crippen molar-refractivity contribution < 1.29 is 23.9 Å². The second kappa shape index (κ2) is 12.4. The quantitative estimate of drug-likeness (QED) is 0.159. The van der Waals surface area contributed by atoms with Crippen LogP contribution in [0.2, 0.25) is 10.0 Å². The van der Waals surface area contributed by atoms with Gasteiger partial charge in [0.05, 0.1) is 5.92 Å². The van der Waals surface area contributed by atoms with Gasteiger partial charge in [-0.3, -0.25) is 14.4 Å². The van der Waals surface area contributed by atoms with Crippen LogP contribution < -0.4 is 9.64 Å². The molecule has 0 N–H and O–H groups in total. The second-order valence-corrected chi connectivity index (χ2v) is 10.2. The van der Waals surface area contributed by atoms with E-state index in [1.165, 1.54) is 4.90 Å². The number of hydrogen-bond acceptors (Lipinski definition) is 5. The third kappa shape index (κ3) is 6.53. The normalized spacial score (nSPS) is 14.7. The molecule has 1 aliphatic rings. The topological polar surface area (TPSA) is 72.9 Å². The molecule has 202 valence electrons. The van der Waals surface area contributed by atoms with E-state index in [0.717, 1.165) is 16.7 Å². The SMILES string of the molecule is O=C(COC(=O)C1CC(=O)N(c2ccc(OCc3ccc(Cl)cc3Cl)cc2)C1)c1ccc(-c2ccccc2)cc1. The summed E-state index contributed by atoms with van der Waals surface area (Å²) >= 11 is 12.1. The van der Waals surface area contributed by atoms with Crippen LogP contribution in [0, 0.1) is 5.92 Å². The lowest BCUT2D eigenvalue weighted by Gasteiger charge is -2.17. The highest BCUT2D eigenvalue weighted by molar-refractivity contribution is 6.35. The van der Waals surface area contributed by atoms with Crippen LogP contribution >= 0.6 is 23.2 Å². The maximum atomic E-state index is 12.7. The molecular weight excluding hydrogens is 549 g/mol. The minimum Gasteiger partial charge on any atom is -0.489 e. The highest BCUT2D eigenvalue weighted by Gasteiger charge is 2.36. The Hall–Kier alpha value is -4.13. The van der Waals surface area contributed by atoms with E-state index < -0.39 is 11.9 Å². The minimum atomic E-state index is -0.649. The van der Waals surface area contributed by atoms with Crippen molar-refractivity contribution in [2.24, 2.45) is 5.92 Å². The van der Waals surface area contributed by atoms with Gasteiger partial charge >= 0.3 is 5.97 Å². The predicted octanol–water partition coefficient (Wildman–Crippen LogP) is 7.02. The minimum absolute atomic E-state index is 0.0200. The van der Waals surface area contributed by atoms with Crippen molar-refractivity contribution in [2.75, 3.05) is 18.1 Å². The molecule has 0 spiro atoms. The second-order valence-electron chi connectivity index (χ2n) is 9.40. The molecule has 8 heteroatoms. The standard InChI is InChI=1S/C32H25Cl2NO5/c33-26-11-10-24(29(34)17-26)19-39-28-14-12-27(13-15-28)35-18-25(16-31(35)37)32(38)40-20-30(36)23-8-6-22(7-9-23)21-4-2-1-3-5-21/h1-15,17,25H,16,18-20H2. The molecule has 1 atom stereocenters. The number of carbonyl (C=O) groups excluding carboxylic acids is 3. The van der Waals surface area contributed by atoms with Gasteiger partial charge in [0.1, 0.15) is 12.4 Å². The van der Waals surface area contributed by atoms with E-state index >= 15 is 0 Å². The summed E-state index contributed by atoms with van der Waals surface area (Å²) in [5.41, 5.74) is 3.94. The van der Waals surface area contributed by atoms with Gasteiger partial charge in [0.2, 0.25) is 5.91 Å². The molecule has 0 radical (unpaired) electrons. The molecule has 0 saturated carbocycles. The fraction of sp³-hybridized carbons (Fsp3) is 0.156. The first-order valence-electron chi connectivity index (χ1n) is 12.7. The summed E-state index contributed by atoms with van der Waals surface area (Å²) in [6, 6.07) is 29.2. The molecule has 1 amide bonds. The average Bonchev–Trinajstić information content (AvgIpc) is 3.37. The van der Waals surface area contributed by atoms with Crippen molar-refractivity contribution in [3.63, 3.8) is 0 Å². The van der Waals surface area contributed by atoms with Gasteiger partial charge in [-0.25, -0.2) is 0 Å². The maximum Gasteiger partial charge on any atom is 0.311 e. The van der Waals surface area contributed by atoms with Gasteiger partial charge in [-0.05, 0) is 47.5 Å². The highest BCUT2D eigenvalue weighted by Crippen LogP contribution is 2.29. The number of rotatable bonds is 9. The van der Waals surface area contributed by atoms with Crippen LogP contribution in [-0.4, -0.2) is 30.8 Å². The summed E-state index contributed by atoms with van der Waals surface area (Å²) in [4.78, 5) is 39.5. The van der Waals surface area contributed by atoms with Gasteiger partial charge in [0.25, 0.3) is 0 Å². The molecule has 0 aliphatic carbocycles. The number of hydrogen-bond donors (Lipinski definition) is 0. The monoisotopic (exact) mass is 573 g/mol. The molecule has 1 fully saturated rings. The Balaban J connectivity index is 1.12. The Morgan fingerprint density at radius 3 is 2.25 bits per heavy atom. The van der Waals surface area contributed by atoms with Gasteiger partial charge < -0.3 is 14.4 Å². The molecule has 4 aromatic rings. The number of Topliss-reactive ketones (excluding diaryl/α,β-unsaturated/α-hetero) is 1. The van der Waals surface area contributed by atoms with Crippen LogP contribution in [0.4, 0.5) is 5.69 Å². The van der Waals surface area contributed by atoms with Crippen LogP contribution in [0.1, 0.15) is 22.3 Å². The van der Waals surface area contributed by atoms with Crippen molar-refractivity contribution in [1.82, 2.24) is 0 Å². The molecule has 0 bridgehead atoms. The zero-order valence-corrected chi connectivity index (χ0v) is 22.9. The number of ether oxygens (including phenoxy) is 2. The van der Waals surface area contributed by atoms with E-state index in [1.54, 1.807) is 54.6 Å². The molecule has 0 aromatic heterocycles. The molecule has 1 aliphatic heterocycles. The Morgan fingerprint density at radius 2 is 1.55 bits per heavy atom. The zero-order valence-electron chi connectivity index (χ0n) is 21.4. The molecule has 40 heavy (non-hydrogen) atoms. The molecule has 6 nitrogen and oxygen atoms in total. The number of ketones is 1. The lowest BCUT2D eigenvalue weighted by molar-refractivity contribution is -0.147. The van der Waals surface area contributed by atoms with E-state index in [9.17, 15) is 14.4 Å². The fourth-order valence-corrected chi connectivity index (χ4v) is 4.92. The summed E-state index contributed by atoms with van der Waals surface area (Å²) in [6.45, 7) is 0.0674. The van der Waals surface area contributed by atoms with Crippen molar-refractivity contribution >= 4 is 46.5 Å². The number of nitrogens with zero attached hydrogens (tertiary/aromatic N) is 1. The molecule has 1 unspecified atom stereocenters. The first-order chi connectivity index (χ1) is 19.4. The van der Waals surface area contributed by atoms with E-state index in [4.69, 9.17) is 32.7 Å². The van der Waals surface area contributed by atoms with Crippen LogP contribution in [0.15, 0.2) is 97.1 Å². The zero-order chi connectivity index (χ0) is 28.1. The van der Waals surface area contributed by atoms with E-state index in [0.29, 0.717) is 27.0 Å². The number of halogens is 2. The molecule has 4 aromatic carbocycles. The first kappa shape index (κ1) is 27.4. The smallest absolute Gasteiger partial charge is 0.311 e. The van der Waals surface area contributed by atoms with Crippen molar-refractivity contribution in [2.45, 2.75) is 13.0 Å². The molecule has 5 rings (SSSR count). The fourth-order valence-electron chi connectivity index (χ4n) is 4.45. The lowest BCUT2D eigenvalue weighted by Crippen LogP contribution is -2.27. The molecular formula is C32H25Cl2NO5. The number of esters is 1. The van der Waals surface area contributed by atoms with Gasteiger partial charge in [0, 0.05) is 39.8 Å². The maximum absolute atomic E-state index is 12.7. The van der Waals surface area contributed by atoms with Gasteiger partial charge in [0.15, 0.2) is 12.4 Å². The van der Waals surface area contributed by atoms with Crippen molar-refractivity contribution in [3.8, 4) is 16.9 Å². The van der Waals surface area contributed by atoms with Crippen LogP contribution in [-0.2, 0) is 20.9 Å². The number of anilines is 1. The van der Waals surface area contributed by atoms with E-state index in [1.807, 2.05) is 42.5 Å². The van der Waals surface area contributed by atoms with Crippen LogP contribution in [0.5, 0.6) is 5.75 Å². The lowest BCUT2D eigenvalue weighted by atomic mass is 10.0. The van der Waals surface area contributed by atoms with Crippen LogP contribution in [0.25, 0.3) is 11.1 Å². The van der Waals surface area contributed by atoms with Gasteiger partial charge in [-0.1, -0.05) is 83.9 Å². The summed E-state index contributed by atoms with van der Waals surface area (Å²) < 4.78 is 11.1. The average molecular weight is 574 g/mol. The highest BCUT2D eigenvalue weighted by atomic mass is 35.5. The number of carbonyl (C=O) groups is 3. The first-order valence-corrected chi connectivity index (χ1v) is 13.5. The summed E-state index contributed by atoms with van der Waals surface area (Å²) in [5, 5.41) is 1.07. The van der Waals surface area contributed by atoms with Crippen molar-refractivity contribution in [1.29, 1.82) is 0 Å².